The first kappa shape index (κ1) is 14.2. The standard InChI is InChI=1S/C15H15FN2O2S/c16-11-3-1-2-10(6-11)15-17-12(9-21-15)7-14(20)18-5-4-13(19)8-18/h1-3,6,9,13,19H,4-5,7-8H2/t13-/m0/s1. The maximum Gasteiger partial charge on any atom is 0.228 e. The zero-order chi connectivity index (χ0) is 14.8. The summed E-state index contributed by atoms with van der Waals surface area (Å²) in [5.41, 5.74) is 1.40. The van der Waals surface area contributed by atoms with Crippen LogP contribution in [0.4, 0.5) is 4.39 Å². The lowest BCUT2D eigenvalue weighted by atomic mass is 10.2. The summed E-state index contributed by atoms with van der Waals surface area (Å²) in [6.45, 7) is 1.00. The lowest BCUT2D eigenvalue weighted by molar-refractivity contribution is -0.129. The Morgan fingerprint density at radius 1 is 1.52 bits per heavy atom. The van der Waals surface area contributed by atoms with E-state index in [2.05, 4.69) is 4.98 Å². The number of aliphatic hydroxyl groups is 1. The van der Waals surface area contributed by atoms with Gasteiger partial charge in [0.1, 0.15) is 10.8 Å². The van der Waals surface area contributed by atoms with E-state index in [1.54, 1.807) is 17.0 Å². The van der Waals surface area contributed by atoms with Gasteiger partial charge in [-0.15, -0.1) is 11.3 Å². The van der Waals surface area contributed by atoms with Crippen LogP contribution in [0.1, 0.15) is 12.1 Å². The third kappa shape index (κ3) is 3.28. The fourth-order valence-corrected chi connectivity index (χ4v) is 3.19. The van der Waals surface area contributed by atoms with Crippen LogP contribution in [-0.4, -0.2) is 40.1 Å². The average Bonchev–Trinajstić information content (AvgIpc) is 3.08. The largest absolute Gasteiger partial charge is 0.391 e. The molecule has 4 nitrogen and oxygen atoms in total. The van der Waals surface area contributed by atoms with Gasteiger partial charge in [0.25, 0.3) is 0 Å². The second-order valence-corrected chi connectivity index (χ2v) is 5.97. The van der Waals surface area contributed by atoms with Gasteiger partial charge in [-0.3, -0.25) is 4.79 Å². The van der Waals surface area contributed by atoms with Gasteiger partial charge in [0.2, 0.25) is 5.91 Å². The van der Waals surface area contributed by atoms with Crippen LogP contribution >= 0.6 is 11.3 Å². The summed E-state index contributed by atoms with van der Waals surface area (Å²) in [6.07, 6.45) is 0.447. The van der Waals surface area contributed by atoms with Crippen LogP contribution in [0.15, 0.2) is 29.6 Å². The highest BCUT2D eigenvalue weighted by molar-refractivity contribution is 7.13. The lowest BCUT2D eigenvalue weighted by Gasteiger charge is -2.14. The van der Waals surface area contributed by atoms with Crippen LogP contribution in [0.2, 0.25) is 0 Å². The molecule has 2 heterocycles. The molecule has 1 N–H and O–H groups in total. The third-order valence-electron chi connectivity index (χ3n) is 3.47. The molecule has 2 aromatic rings. The number of aliphatic hydroxyl groups excluding tert-OH is 1. The minimum Gasteiger partial charge on any atom is -0.391 e. The van der Waals surface area contributed by atoms with Crippen molar-refractivity contribution in [2.24, 2.45) is 0 Å². The van der Waals surface area contributed by atoms with Crippen molar-refractivity contribution in [1.29, 1.82) is 0 Å². The summed E-state index contributed by atoms with van der Waals surface area (Å²) < 4.78 is 13.2. The fraction of sp³-hybridized carbons (Fsp3) is 0.333. The van der Waals surface area contributed by atoms with E-state index in [0.29, 0.717) is 30.2 Å². The Balaban J connectivity index is 1.69. The van der Waals surface area contributed by atoms with Crippen LogP contribution in [0.5, 0.6) is 0 Å². The van der Waals surface area contributed by atoms with Crippen LogP contribution in [0.25, 0.3) is 10.6 Å². The Morgan fingerprint density at radius 3 is 3.10 bits per heavy atom. The normalized spacial score (nSPS) is 18.2. The number of hydrogen-bond acceptors (Lipinski definition) is 4. The van der Waals surface area contributed by atoms with Gasteiger partial charge in [-0.05, 0) is 18.6 Å². The van der Waals surface area contributed by atoms with E-state index in [9.17, 15) is 14.3 Å². The van der Waals surface area contributed by atoms with Crippen molar-refractivity contribution < 1.29 is 14.3 Å². The van der Waals surface area contributed by atoms with Crippen molar-refractivity contribution >= 4 is 17.2 Å². The minimum atomic E-state index is -0.410. The molecule has 0 saturated carbocycles. The second-order valence-electron chi connectivity index (χ2n) is 5.11. The Labute approximate surface area is 125 Å². The van der Waals surface area contributed by atoms with Crippen LogP contribution in [0, 0.1) is 5.82 Å². The molecule has 1 saturated heterocycles. The van der Waals surface area contributed by atoms with Gasteiger partial charge in [-0.25, -0.2) is 9.37 Å². The molecule has 0 radical (unpaired) electrons. The number of hydrogen-bond donors (Lipinski definition) is 1. The second kappa shape index (κ2) is 5.91. The number of carbonyl (C=O) groups is 1. The maximum atomic E-state index is 13.2. The van der Waals surface area contributed by atoms with E-state index >= 15 is 0 Å². The molecule has 0 bridgehead atoms. The molecule has 1 aliphatic rings. The van der Waals surface area contributed by atoms with Gasteiger partial charge >= 0.3 is 0 Å². The van der Waals surface area contributed by atoms with Crippen molar-refractivity contribution in [3.8, 4) is 10.6 Å². The van der Waals surface area contributed by atoms with Gasteiger partial charge in [-0.2, -0.15) is 0 Å². The number of aromatic nitrogens is 1. The molecule has 1 fully saturated rings. The molecule has 21 heavy (non-hydrogen) atoms. The molecule has 3 rings (SSSR count). The summed E-state index contributed by atoms with van der Waals surface area (Å²) in [5, 5.41) is 12.0. The van der Waals surface area contributed by atoms with Gasteiger partial charge in [0, 0.05) is 24.0 Å². The Bertz CT molecular complexity index is 659. The first-order valence-electron chi connectivity index (χ1n) is 6.78. The Hall–Kier alpha value is -1.79. The molecule has 1 aliphatic heterocycles. The number of nitrogens with zero attached hydrogens (tertiary/aromatic N) is 2. The molecule has 1 amide bonds. The summed E-state index contributed by atoms with van der Waals surface area (Å²) in [6, 6.07) is 6.26. The lowest BCUT2D eigenvalue weighted by Crippen LogP contribution is -2.30. The molecule has 0 unspecified atom stereocenters. The van der Waals surface area contributed by atoms with E-state index in [-0.39, 0.29) is 18.1 Å². The van der Waals surface area contributed by atoms with Crippen LogP contribution in [0.3, 0.4) is 0 Å². The van der Waals surface area contributed by atoms with Crippen LogP contribution in [-0.2, 0) is 11.2 Å². The first-order valence-corrected chi connectivity index (χ1v) is 7.66. The predicted octanol–water partition coefficient (Wildman–Crippen LogP) is 2.08. The molecular weight excluding hydrogens is 291 g/mol. The molecule has 1 aromatic carbocycles. The molecule has 6 heteroatoms. The van der Waals surface area contributed by atoms with Crippen LogP contribution < -0.4 is 0 Å². The van der Waals surface area contributed by atoms with Gasteiger partial charge < -0.3 is 10.0 Å². The highest BCUT2D eigenvalue weighted by atomic mass is 32.1. The number of β-amino-alcohol motifs (C(OH)–C–C–N with tert-alkyl or cyclic N) is 1. The number of rotatable bonds is 3. The number of thiazole rings is 1. The highest BCUT2D eigenvalue weighted by Gasteiger charge is 2.24. The number of benzene rings is 1. The van der Waals surface area contributed by atoms with E-state index in [1.807, 2.05) is 5.38 Å². The van der Waals surface area contributed by atoms with Crippen molar-refractivity contribution in [2.75, 3.05) is 13.1 Å². The average molecular weight is 306 g/mol. The monoisotopic (exact) mass is 306 g/mol. The number of amides is 1. The van der Waals surface area contributed by atoms with Gasteiger partial charge in [-0.1, -0.05) is 12.1 Å². The molecule has 0 aliphatic carbocycles. The van der Waals surface area contributed by atoms with E-state index in [1.165, 1.54) is 23.5 Å². The summed E-state index contributed by atoms with van der Waals surface area (Å²) in [4.78, 5) is 18.1. The smallest absolute Gasteiger partial charge is 0.228 e. The molecule has 1 aromatic heterocycles. The summed E-state index contributed by atoms with van der Waals surface area (Å²) >= 11 is 1.40. The van der Waals surface area contributed by atoms with Crippen molar-refractivity contribution in [3.63, 3.8) is 0 Å². The molecule has 0 spiro atoms. The topological polar surface area (TPSA) is 53.4 Å². The zero-order valence-corrected chi connectivity index (χ0v) is 12.1. The molecule has 1 atom stereocenters. The van der Waals surface area contributed by atoms with Gasteiger partial charge in [0.15, 0.2) is 0 Å². The number of halogens is 1. The Morgan fingerprint density at radius 2 is 2.38 bits per heavy atom. The van der Waals surface area contributed by atoms with E-state index in [0.717, 1.165) is 5.56 Å². The Kier molecular flexibility index (Phi) is 3.98. The SMILES string of the molecule is O=C(Cc1csc(-c2cccc(F)c2)n1)N1CC[C@H](O)C1. The zero-order valence-electron chi connectivity index (χ0n) is 11.3. The molecular formula is C15H15FN2O2S. The molecule has 110 valence electrons. The van der Waals surface area contributed by atoms with Crippen molar-refractivity contribution in [1.82, 2.24) is 9.88 Å². The fourth-order valence-electron chi connectivity index (χ4n) is 2.38. The van der Waals surface area contributed by atoms with E-state index in [4.69, 9.17) is 0 Å². The number of likely N-dealkylation sites (tertiary alicyclic amines) is 1. The van der Waals surface area contributed by atoms with Crippen molar-refractivity contribution in [3.05, 3.63) is 41.2 Å². The quantitative estimate of drug-likeness (QED) is 0.944. The van der Waals surface area contributed by atoms with Crippen molar-refractivity contribution in [2.45, 2.75) is 18.9 Å². The summed E-state index contributed by atoms with van der Waals surface area (Å²) in [7, 11) is 0. The highest BCUT2D eigenvalue weighted by Crippen LogP contribution is 2.24. The minimum absolute atomic E-state index is 0.0253. The van der Waals surface area contributed by atoms with Gasteiger partial charge in [0.05, 0.1) is 18.2 Å². The van der Waals surface area contributed by atoms with E-state index < -0.39 is 6.10 Å². The third-order valence-corrected chi connectivity index (χ3v) is 4.41. The summed E-state index contributed by atoms with van der Waals surface area (Å²) in [5.74, 6) is -0.325. The first-order chi connectivity index (χ1) is 10.1. The predicted molar refractivity (Wildman–Crippen MR) is 78.4 cm³/mol. The maximum absolute atomic E-state index is 13.2. The number of carbonyl (C=O) groups excluding carboxylic acids is 1.